The van der Waals surface area contributed by atoms with Gasteiger partial charge >= 0.3 is 0 Å². The zero-order chi connectivity index (χ0) is 16.4. The first-order valence-corrected chi connectivity index (χ1v) is 7.31. The van der Waals surface area contributed by atoms with Gasteiger partial charge in [-0.1, -0.05) is 24.3 Å². The highest BCUT2D eigenvalue weighted by Crippen LogP contribution is 2.33. The van der Waals surface area contributed by atoms with Gasteiger partial charge in [0.05, 0.1) is 0 Å². The largest absolute Gasteiger partial charge is 0.508 e. The van der Waals surface area contributed by atoms with Gasteiger partial charge in [-0.2, -0.15) is 4.99 Å². The van der Waals surface area contributed by atoms with E-state index in [1.807, 2.05) is 24.3 Å². The monoisotopic (exact) mass is 307 g/mol. The number of guanidine groups is 1. The van der Waals surface area contributed by atoms with Crippen LogP contribution in [-0.2, 0) is 6.42 Å². The molecule has 0 heterocycles. The van der Waals surface area contributed by atoms with E-state index in [1.165, 1.54) is 5.56 Å². The Kier molecular flexibility index (Phi) is 3.85. The summed E-state index contributed by atoms with van der Waals surface area (Å²) in [5.41, 5.74) is 15.2. The minimum Gasteiger partial charge on any atom is -0.508 e. The van der Waals surface area contributed by atoms with E-state index in [2.05, 4.69) is 11.1 Å². The van der Waals surface area contributed by atoms with Gasteiger partial charge in [-0.15, -0.1) is 0 Å². The third-order valence-electron chi connectivity index (χ3n) is 3.82. The second-order valence-corrected chi connectivity index (χ2v) is 5.42. The topological polar surface area (TPSA) is 102 Å². The summed E-state index contributed by atoms with van der Waals surface area (Å²) in [6, 6.07) is 12.5. The van der Waals surface area contributed by atoms with Crippen LogP contribution in [0.1, 0.15) is 33.5 Å². The average Bonchev–Trinajstić information content (AvgIpc) is 2.54. The van der Waals surface area contributed by atoms with E-state index in [9.17, 15) is 9.90 Å². The third-order valence-corrected chi connectivity index (χ3v) is 3.82. The maximum Gasteiger partial charge on any atom is 0.280 e. The molecule has 5 nitrogen and oxygen atoms in total. The molecule has 2 aromatic rings. The molecule has 5 N–H and O–H groups in total. The molecule has 5 heteroatoms. The van der Waals surface area contributed by atoms with Crippen LogP contribution in [0.5, 0.6) is 5.75 Å². The van der Waals surface area contributed by atoms with E-state index < -0.39 is 5.91 Å². The fourth-order valence-electron chi connectivity index (χ4n) is 2.76. The Morgan fingerprint density at radius 3 is 2.52 bits per heavy atom. The molecule has 0 atom stereocenters. The van der Waals surface area contributed by atoms with E-state index in [0.29, 0.717) is 5.56 Å². The summed E-state index contributed by atoms with van der Waals surface area (Å²) in [6.07, 6.45) is 4.00. The Morgan fingerprint density at radius 1 is 1.09 bits per heavy atom. The second-order valence-electron chi connectivity index (χ2n) is 5.42. The summed E-state index contributed by atoms with van der Waals surface area (Å²) in [5, 5.41) is 9.45. The fourth-order valence-corrected chi connectivity index (χ4v) is 2.76. The third kappa shape index (κ3) is 3.08. The highest BCUT2D eigenvalue weighted by molar-refractivity contribution is 6.02. The van der Waals surface area contributed by atoms with E-state index in [4.69, 9.17) is 11.5 Å². The standard InChI is InChI=1S/C18H17N3O2/c19-18(20)21-17(23)13-5-4-11-2-1-3-15(16(11)10-13)12-6-8-14(22)9-7-12/h3-10,22H,1-2H2,(H4,19,20,21,23). The van der Waals surface area contributed by atoms with Crippen LogP contribution in [0.4, 0.5) is 0 Å². The molecule has 1 amide bonds. The maximum absolute atomic E-state index is 12.0. The van der Waals surface area contributed by atoms with Gasteiger partial charge in [-0.25, -0.2) is 0 Å². The van der Waals surface area contributed by atoms with Crippen molar-refractivity contribution >= 4 is 17.4 Å². The number of carbonyl (C=O) groups excluding carboxylic acids is 1. The Labute approximate surface area is 134 Å². The molecule has 0 aliphatic heterocycles. The van der Waals surface area contributed by atoms with Crippen LogP contribution in [0.25, 0.3) is 5.57 Å². The number of hydrogen-bond donors (Lipinski definition) is 3. The molecule has 0 radical (unpaired) electrons. The lowest BCUT2D eigenvalue weighted by molar-refractivity contribution is 0.100. The number of phenols is 1. The van der Waals surface area contributed by atoms with Crippen molar-refractivity contribution in [1.29, 1.82) is 0 Å². The summed E-state index contributed by atoms with van der Waals surface area (Å²) >= 11 is 0. The predicted octanol–water partition coefficient (Wildman–Crippen LogP) is 2.18. The molecule has 0 saturated carbocycles. The Balaban J connectivity index is 2.05. The molecular weight excluding hydrogens is 290 g/mol. The number of aromatic hydroxyl groups is 1. The van der Waals surface area contributed by atoms with Crippen molar-refractivity contribution in [1.82, 2.24) is 0 Å². The van der Waals surface area contributed by atoms with Crippen molar-refractivity contribution in [3.05, 3.63) is 70.8 Å². The number of allylic oxidation sites excluding steroid dienone is 1. The van der Waals surface area contributed by atoms with Gasteiger partial charge in [-0.05, 0) is 59.4 Å². The summed E-state index contributed by atoms with van der Waals surface area (Å²) in [7, 11) is 0. The van der Waals surface area contributed by atoms with Gasteiger partial charge in [0.15, 0.2) is 5.96 Å². The molecule has 0 spiro atoms. The average molecular weight is 307 g/mol. The van der Waals surface area contributed by atoms with Gasteiger partial charge in [0, 0.05) is 5.56 Å². The number of amides is 1. The van der Waals surface area contributed by atoms with E-state index in [1.54, 1.807) is 18.2 Å². The van der Waals surface area contributed by atoms with Crippen molar-refractivity contribution in [2.75, 3.05) is 0 Å². The second kappa shape index (κ2) is 5.96. The van der Waals surface area contributed by atoms with Crippen LogP contribution >= 0.6 is 0 Å². The number of phenolic OH excluding ortho intramolecular Hbond substituents is 1. The molecule has 0 aromatic heterocycles. The number of aliphatic imine (C=N–C) groups is 1. The molecule has 0 fully saturated rings. The predicted molar refractivity (Wildman–Crippen MR) is 90.1 cm³/mol. The van der Waals surface area contributed by atoms with Crippen LogP contribution < -0.4 is 11.5 Å². The number of aryl methyl sites for hydroxylation is 1. The SMILES string of the molecule is NC(N)=NC(=O)c1ccc2c(c1)C(c1ccc(O)cc1)=CCC2. The zero-order valence-corrected chi connectivity index (χ0v) is 12.5. The van der Waals surface area contributed by atoms with Gasteiger partial charge in [-0.3, -0.25) is 4.79 Å². The highest BCUT2D eigenvalue weighted by Gasteiger charge is 2.16. The first-order valence-electron chi connectivity index (χ1n) is 7.31. The Hall–Kier alpha value is -3.08. The summed E-state index contributed by atoms with van der Waals surface area (Å²) in [4.78, 5) is 15.6. The number of nitrogens with zero attached hydrogens (tertiary/aromatic N) is 1. The lowest BCUT2D eigenvalue weighted by atomic mass is 9.86. The molecule has 1 aliphatic carbocycles. The van der Waals surface area contributed by atoms with Gasteiger partial charge in [0.25, 0.3) is 5.91 Å². The smallest absolute Gasteiger partial charge is 0.280 e. The van der Waals surface area contributed by atoms with Crippen molar-refractivity contribution in [3.63, 3.8) is 0 Å². The lowest BCUT2D eigenvalue weighted by Crippen LogP contribution is -2.24. The first kappa shape index (κ1) is 14.8. The van der Waals surface area contributed by atoms with E-state index in [-0.39, 0.29) is 11.7 Å². The zero-order valence-electron chi connectivity index (χ0n) is 12.5. The van der Waals surface area contributed by atoms with E-state index >= 15 is 0 Å². The quantitative estimate of drug-likeness (QED) is 0.584. The summed E-state index contributed by atoms with van der Waals surface area (Å²) in [6.45, 7) is 0. The Bertz CT molecular complexity index is 817. The first-order chi connectivity index (χ1) is 11.0. The molecule has 2 aromatic carbocycles. The van der Waals surface area contributed by atoms with E-state index in [0.717, 1.165) is 29.5 Å². The van der Waals surface area contributed by atoms with Crippen LogP contribution in [-0.4, -0.2) is 17.0 Å². The number of carbonyl (C=O) groups is 1. The normalized spacial score (nSPS) is 13.0. The number of fused-ring (bicyclic) bond motifs is 1. The molecular formula is C18H17N3O2. The van der Waals surface area contributed by atoms with Crippen LogP contribution in [0.2, 0.25) is 0 Å². The van der Waals surface area contributed by atoms with Crippen LogP contribution in [0.3, 0.4) is 0 Å². The molecule has 116 valence electrons. The van der Waals surface area contributed by atoms with Crippen molar-refractivity contribution in [2.45, 2.75) is 12.8 Å². The molecule has 1 aliphatic rings. The number of rotatable bonds is 2. The number of nitrogens with two attached hydrogens (primary N) is 2. The number of hydrogen-bond acceptors (Lipinski definition) is 2. The summed E-state index contributed by atoms with van der Waals surface area (Å²) in [5.74, 6) is -0.479. The van der Waals surface area contributed by atoms with Gasteiger partial charge in [0.2, 0.25) is 0 Å². The maximum atomic E-state index is 12.0. The fraction of sp³-hybridized carbons (Fsp3) is 0.111. The van der Waals surface area contributed by atoms with Gasteiger partial charge < -0.3 is 16.6 Å². The van der Waals surface area contributed by atoms with Crippen LogP contribution in [0.15, 0.2) is 53.5 Å². The minimum absolute atomic E-state index is 0.224. The van der Waals surface area contributed by atoms with Crippen molar-refractivity contribution in [3.8, 4) is 5.75 Å². The van der Waals surface area contributed by atoms with Crippen LogP contribution in [0, 0.1) is 0 Å². The molecule has 0 unspecified atom stereocenters. The van der Waals surface area contributed by atoms with Crippen molar-refractivity contribution in [2.24, 2.45) is 16.5 Å². The summed E-state index contributed by atoms with van der Waals surface area (Å²) < 4.78 is 0. The molecule has 0 saturated heterocycles. The Morgan fingerprint density at radius 2 is 1.83 bits per heavy atom. The highest BCUT2D eigenvalue weighted by atomic mass is 16.3. The minimum atomic E-state index is -0.455. The van der Waals surface area contributed by atoms with Crippen molar-refractivity contribution < 1.29 is 9.90 Å². The number of benzene rings is 2. The molecule has 0 bridgehead atoms. The molecule has 3 rings (SSSR count). The molecule has 23 heavy (non-hydrogen) atoms. The van der Waals surface area contributed by atoms with Gasteiger partial charge in [0.1, 0.15) is 5.75 Å². The lowest BCUT2D eigenvalue weighted by Gasteiger charge is -2.19.